The van der Waals surface area contributed by atoms with Gasteiger partial charge in [0.2, 0.25) is 5.91 Å². The minimum absolute atomic E-state index is 0.108. The first-order chi connectivity index (χ1) is 11.0. The zero-order valence-electron chi connectivity index (χ0n) is 13.5. The monoisotopic (exact) mass is 331 g/mol. The molecule has 0 radical (unpaired) electrons. The van der Waals surface area contributed by atoms with Gasteiger partial charge in [-0.05, 0) is 56.2 Å². The maximum Gasteiger partial charge on any atom is 0.243 e. The summed E-state index contributed by atoms with van der Waals surface area (Å²) in [7, 11) is 0. The molecule has 1 aromatic carbocycles. The predicted octanol–water partition coefficient (Wildman–Crippen LogP) is 2.81. The molecule has 3 N–H and O–H groups in total. The maximum absolute atomic E-state index is 12.1. The number of amides is 1. The van der Waals surface area contributed by atoms with Crippen LogP contribution >= 0.6 is 12.2 Å². The molecule has 122 valence electrons. The molecule has 0 spiro atoms. The lowest BCUT2D eigenvalue weighted by molar-refractivity contribution is -0.115. The molecule has 0 saturated carbocycles. The fourth-order valence-corrected chi connectivity index (χ4v) is 2.51. The van der Waals surface area contributed by atoms with Gasteiger partial charge in [-0.15, -0.1) is 0 Å². The number of nitrogens with one attached hydrogen (secondary N) is 3. The SMILES string of the molecule is Cc1cc(C)c(NC(=O)CNC(=S)NCc2ccco2)c(C)c1. The van der Waals surface area contributed by atoms with Crippen molar-refractivity contribution in [1.82, 2.24) is 10.6 Å². The van der Waals surface area contributed by atoms with Gasteiger partial charge in [0.15, 0.2) is 5.11 Å². The van der Waals surface area contributed by atoms with Crippen LogP contribution < -0.4 is 16.0 Å². The first-order valence-electron chi connectivity index (χ1n) is 7.37. The van der Waals surface area contributed by atoms with E-state index in [0.29, 0.717) is 11.7 Å². The third-order valence-electron chi connectivity index (χ3n) is 3.35. The van der Waals surface area contributed by atoms with Crippen molar-refractivity contribution in [1.29, 1.82) is 0 Å². The summed E-state index contributed by atoms with van der Waals surface area (Å²) in [6.07, 6.45) is 1.60. The van der Waals surface area contributed by atoms with Crippen molar-refractivity contribution < 1.29 is 9.21 Å². The van der Waals surface area contributed by atoms with Crippen LogP contribution in [0.1, 0.15) is 22.5 Å². The topological polar surface area (TPSA) is 66.3 Å². The molecule has 6 heteroatoms. The first kappa shape index (κ1) is 17.0. The quantitative estimate of drug-likeness (QED) is 0.735. The van der Waals surface area contributed by atoms with E-state index < -0.39 is 0 Å². The van der Waals surface area contributed by atoms with E-state index in [1.165, 1.54) is 5.56 Å². The summed E-state index contributed by atoms with van der Waals surface area (Å²) in [6, 6.07) is 7.76. The number of furan rings is 1. The van der Waals surface area contributed by atoms with Crippen molar-refractivity contribution in [3.05, 3.63) is 53.0 Å². The lowest BCUT2D eigenvalue weighted by Crippen LogP contribution is -2.39. The van der Waals surface area contributed by atoms with Gasteiger partial charge in [0.05, 0.1) is 19.4 Å². The molecular formula is C17H21N3O2S. The van der Waals surface area contributed by atoms with Crippen molar-refractivity contribution in [3.63, 3.8) is 0 Å². The van der Waals surface area contributed by atoms with Crippen LogP contribution in [0.4, 0.5) is 5.69 Å². The van der Waals surface area contributed by atoms with E-state index in [1.54, 1.807) is 6.26 Å². The molecule has 5 nitrogen and oxygen atoms in total. The number of rotatable bonds is 5. The van der Waals surface area contributed by atoms with Crippen LogP contribution in [-0.4, -0.2) is 17.6 Å². The number of carbonyl (C=O) groups is 1. The largest absolute Gasteiger partial charge is 0.467 e. The third kappa shape index (κ3) is 5.10. The second-order valence-corrected chi connectivity index (χ2v) is 5.85. The molecular weight excluding hydrogens is 310 g/mol. The van der Waals surface area contributed by atoms with Crippen molar-refractivity contribution in [2.75, 3.05) is 11.9 Å². The normalized spacial score (nSPS) is 10.2. The van der Waals surface area contributed by atoms with Crippen LogP contribution in [0.5, 0.6) is 0 Å². The first-order valence-corrected chi connectivity index (χ1v) is 7.78. The number of hydrogen-bond acceptors (Lipinski definition) is 3. The van der Waals surface area contributed by atoms with Crippen molar-refractivity contribution in [2.24, 2.45) is 0 Å². The van der Waals surface area contributed by atoms with Gasteiger partial charge in [-0.1, -0.05) is 17.7 Å². The fraction of sp³-hybridized carbons (Fsp3) is 0.294. The summed E-state index contributed by atoms with van der Waals surface area (Å²) < 4.78 is 5.20. The molecule has 0 unspecified atom stereocenters. The molecule has 1 aromatic heterocycles. The summed E-state index contributed by atoms with van der Waals surface area (Å²) in [5.41, 5.74) is 4.14. The van der Waals surface area contributed by atoms with Gasteiger partial charge in [0.25, 0.3) is 0 Å². The van der Waals surface area contributed by atoms with E-state index in [1.807, 2.05) is 45.0 Å². The molecule has 0 fully saturated rings. The van der Waals surface area contributed by atoms with E-state index in [0.717, 1.165) is 22.6 Å². The Balaban J connectivity index is 1.80. The van der Waals surface area contributed by atoms with Gasteiger partial charge in [-0.25, -0.2) is 0 Å². The van der Waals surface area contributed by atoms with Crippen molar-refractivity contribution in [3.8, 4) is 0 Å². The average Bonchev–Trinajstić information content (AvgIpc) is 3.00. The van der Waals surface area contributed by atoms with E-state index in [4.69, 9.17) is 16.6 Å². The Bertz CT molecular complexity index is 673. The zero-order chi connectivity index (χ0) is 16.8. The van der Waals surface area contributed by atoms with Gasteiger partial charge in [-0.2, -0.15) is 0 Å². The summed E-state index contributed by atoms with van der Waals surface area (Å²) in [5, 5.41) is 9.20. The number of hydrogen-bond donors (Lipinski definition) is 3. The smallest absolute Gasteiger partial charge is 0.243 e. The Morgan fingerprint density at radius 1 is 1.17 bits per heavy atom. The Labute approximate surface area is 141 Å². The number of benzene rings is 1. The van der Waals surface area contributed by atoms with E-state index in [9.17, 15) is 4.79 Å². The number of anilines is 1. The summed E-state index contributed by atoms with van der Waals surface area (Å²) >= 11 is 5.13. The Hall–Kier alpha value is -2.34. The van der Waals surface area contributed by atoms with Gasteiger partial charge in [-0.3, -0.25) is 4.79 Å². The lowest BCUT2D eigenvalue weighted by atomic mass is 10.1. The summed E-state index contributed by atoms with van der Waals surface area (Å²) in [5.74, 6) is 0.645. The number of aryl methyl sites for hydroxylation is 3. The average molecular weight is 331 g/mol. The molecule has 23 heavy (non-hydrogen) atoms. The highest BCUT2D eigenvalue weighted by atomic mass is 32.1. The van der Waals surface area contributed by atoms with Crippen LogP contribution in [0.2, 0.25) is 0 Å². The fourth-order valence-electron chi connectivity index (χ4n) is 2.36. The molecule has 2 rings (SSSR count). The lowest BCUT2D eigenvalue weighted by Gasteiger charge is -2.14. The van der Waals surface area contributed by atoms with Crippen LogP contribution in [0.25, 0.3) is 0 Å². The zero-order valence-corrected chi connectivity index (χ0v) is 14.3. The summed E-state index contributed by atoms with van der Waals surface area (Å²) in [6.45, 7) is 6.60. The minimum atomic E-state index is -0.137. The van der Waals surface area contributed by atoms with E-state index >= 15 is 0 Å². The number of thiocarbonyl (C=S) groups is 1. The second kappa shape index (κ2) is 7.78. The third-order valence-corrected chi connectivity index (χ3v) is 3.64. The van der Waals surface area contributed by atoms with Gasteiger partial charge in [0.1, 0.15) is 5.76 Å². The van der Waals surface area contributed by atoms with Gasteiger partial charge in [0, 0.05) is 5.69 Å². The number of carbonyl (C=O) groups excluding carboxylic acids is 1. The maximum atomic E-state index is 12.1. The van der Waals surface area contributed by atoms with E-state index in [2.05, 4.69) is 16.0 Å². The Morgan fingerprint density at radius 3 is 2.48 bits per heavy atom. The second-order valence-electron chi connectivity index (χ2n) is 5.44. The van der Waals surface area contributed by atoms with E-state index in [-0.39, 0.29) is 12.5 Å². The molecule has 2 aromatic rings. The summed E-state index contributed by atoms with van der Waals surface area (Å²) in [4.78, 5) is 12.1. The predicted molar refractivity (Wildman–Crippen MR) is 95.4 cm³/mol. The van der Waals surface area contributed by atoms with Gasteiger partial charge < -0.3 is 20.4 Å². The molecule has 0 bridgehead atoms. The molecule has 0 saturated heterocycles. The van der Waals surface area contributed by atoms with Gasteiger partial charge >= 0.3 is 0 Å². The standard InChI is InChI=1S/C17H21N3O2S/c1-11-7-12(2)16(13(3)8-11)20-15(21)10-19-17(23)18-9-14-5-4-6-22-14/h4-8H,9-10H2,1-3H3,(H,20,21)(H2,18,19,23). The molecule has 0 aliphatic carbocycles. The highest BCUT2D eigenvalue weighted by Gasteiger charge is 2.08. The highest BCUT2D eigenvalue weighted by molar-refractivity contribution is 7.80. The minimum Gasteiger partial charge on any atom is -0.467 e. The molecule has 1 heterocycles. The highest BCUT2D eigenvalue weighted by Crippen LogP contribution is 2.21. The molecule has 0 aliphatic heterocycles. The van der Waals surface area contributed by atoms with Crippen LogP contribution in [0.15, 0.2) is 34.9 Å². The Morgan fingerprint density at radius 2 is 1.87 bits per heavy atom. The van der Waals surface area contributed by atoms with Crippen LogP contribution in [0.3, 0.4) is 0 Å². The molecule has 0 atom stereocenters. The van der Waals surface area contributed by atoms with Crippen molar-refractivity contribution in [2.45, 2.75) is 27.3 Å². The van der Waals surface area contributed by atoms with Crippen LogP contribution in [0, 0.1) is 20.8 Å². The molecule has 0 aliphatic rings. The molecule has 1 amide bonds. The Kier molecular flexibility index (Phi) is 5.76. The van der Waals surface area contributed by atoms with Crippen LogP contribution in [-0.2, 0) is 11.3 Å². The van der Waals surface area contributed by atoms with Crippen molar-refractivity contribution >= 4 is 28.9 Å².